The van der Waals surface area contributed by atoms with Gasteiger partial charge in [-0.2, -0.15) is 0 Å². The summed E-state index contributed by atoms with van der Waals surface area (Å²) in [4.78, 5) is 6.69. The molecule has 216 valence electrons. The summed E-state index contributed by atoms with van der Waals surface area (Å²) in [5, 5.41) is 14.7. The van der Waals surface area contributed by atoms with Crippen LogP contribution in [0.15, 0.2) is 71.8 Å². The van der Waals surface area contributed by atoms with Gasteiger partial charge in [0.2, 0.25) is 0 Å². The summed E-state index contributed by atoms with van der Waals surface area (Å²) in [6, 6.07) is 16.9. The summed E-state index contributed by atoms with van der Waals surface area (Å²) in [6.07, 6.45) is 6.16. The van der Waals surface area contributed by atoms with Crippen LogP contribution in [0.1, 0.15) is 46.0 Å². The van der Waals surface area contributed by atoms with Crippen LogP contribution in [0.5, 0.6) is 5.75 Å². The molecule has 0 saturated carbocycles. The molecule has 6 nitrogen and oxygen atoms in total. The predicted molar refractivity (Wildman–Crippen MR) is 163 cm³/mol. The van der Waals surface area contributed by atoms with Crippen molar-refractivity contribution in [3.05, 3.63) is 71.8 Å². The summed E-state index contributed by atoms with van der Waals surface area (Å²) in [5.41, 5.74) is 4.76. The summed E-state index contributed by atoms with van der Waals surface area (Å²) < 4.78 is 22.1. The first-order chi connectivity index (χ1) is 19.3. The van der Waals surface area contributed by atoms with E-state index in [0.29, 0.717) is 30.3 Å². The second kappa shape index (κ2) is 12.6. The number of halogens is 1. The van der Waals surface area contributed by atoms with Crippen LogP contribution in [-0.4, -0.2) is 68.4 Å². The van der Waals surface area contributed by atoms with Crippen LogP contribution < -0.4 is 19.9 Å². The van der Waals surface area contributed by atoms with Gasteiger partial charge in [0.05, 0.1) is 0 Å². The smallest absolute Gasteiger partial charge is 0.178 e. The Hall–Kier alpha value is -3.03. The highest BCUT2D eigenvalue weighted by Gasteiger charge is 2.36. The van der Waals surface area contributed by atoms with E-state index >= 15 is 4.39 Å². The van der Waals surface area contributed by atoms with Crippen LogP contribution in [-0.2, 0) is 0 Å². The second-order valence-electron chi connectivity index (χ2n) is 11.8. The minimum Gasteiger partial charge on any atom is -0.471 e. The molecule has 2 aromatic rings. The SMILES string of the molecule is CC1=C(C(Oc2cccc(N(C)C)c2)N2CCCC(C(O)Nc3cccc(N4CCCC4C)c3)C2)C(F)CC=C1. The number of hydrogen-bond donors (Lipinski definition) is 2. The van der Waals surface area contributed by atoms with Gasteiger partial charge < -0.3 is 25.0 Å². The number of hydrogen-bond acceptors (Lipinski definition) is 6. The second-order valence-corrected chi connectivity index (χ2v) is 11.8. The molecule has 2 saturated heterocycles. The fourth-order valence-corrected chi connectivity index (χ4v) is 6.37. The molecule has 2 aromatic carbocycles. The number of aliphatic hydroxyl groups is 1. The van der Waals surface area contributed by atoms with Crippen molar-refractivity contribution in [1.82, 2.24) is 4.90 Å². The van der Waals surface area contributed by atoms with Gasteiger partial charge in [0.25, 0.3) is 0 Å². The molecule has 2 aliphatic heterocycles. The molecule has 0 radical (unpaired) electrons. The normalized spacial score (nSPS) is 25.1. The van der Waals surface area contributed by atoms with E-state index in [2.05, 4.69) is 40.2 Å². The van der Waals surface area contributed by atoms with E-state index in [1.165, 1.54) is 18.5 Å². The van der Waals surface area contributed by atoms with Gasteiger partial charge in [-0.25, -0.2) is 4.39 Å². The maximum absolute atomic E-state index is 15.5. The molecule has 40 heavy (non-hydrogen) atoms. The largest absolute Gasteiger partial charge is 0.471 e. The van der Waals surface area contributed by atoms with Crippen molar-refractivity contribution in [2.45, 2.75) is 70.6 Å². The zero-order valence-corrected chi connectivity index (χ0v) is 24.4. The fourth-order valence-electron chi connectivity index (χ4n) is 6.37. The predicted octanol–water partition coefficient (Wildman–Crippen LogP) is 6.20. The molecule has 0 amide bonds. The van der Waals surface area contributed by atoms with Crippen LogP contribution in [0.25, 0.3) is 0 Å². The van der Waals surface area contributed by atoms with E-state index in [-0.39, 0.29) is 5.92 Å². The molecular weight excluding hydrogens is 503 g/mol. The first-order valence-corrected chi connectivity index (χ1v) is 14.8. The van der Waals surface area contributed by atoms with Crippen molar-refractivity contribution in [2.24, 2.45) is 5.92 Å². The van der Waals surface area contributed by atoms with E-state index in [1.54, 1.807) is 0 Å². The van der Waals surface area contributed by atoms with E-state index in [1.807, 2.05) is 68.4 Å². The average Bonchev–Trinajstić information content (AvgIpc) is 3.38. The Kier molecular flexibility index (Phi) is 9.01. The summed E-state index contributed by atoms with van der Waals surface area (Å²) in [6.45, 7) is 6.72. The number of benzene rings is 2. The van der Waals surface area contributed by atoms with E-state index in [4.69, 9.17) is 4.74 Å². The van der Waals surface area contributed by atoms with E-state index in [9.17, 15) is 5.11 Å². The van der Waals surface area contributed by atoms with E-state index in [0.717, 1.165) is 42.9 Å². The van der Waals surface area contributed by atoms with Gasteiger partial charge in [0.15, 0.2) is 6.23 Å². The number of likely N-dealkylation sites (tertiary alicyclic amines) is 1. The molecule has 2 heterocycles. The molecule has 0 bridgehead atoms. The van der Waals surface area contributed by atoms with Crippen molar-refractivity contribution in [1.29, 1.82) is 0 Å². The lowest BCUT2D eigenvalue weighted by molar-refractivity contribution is -0.0120. The topological polar surface area (TPSA) is 51.2 Å². The van der Waals surface area contributed by atoms with Gasteiger partial charge in [-0.15, -0.1) is 0 Å². The number of alkyl halides is 1. The average molecular weight is 549 g/mol. The first kappa shape index (κ1) is 28.5. The lowest BCUT2D eigenvalue weighted by Gasteiger charge is -2.41. The van der Waals surface area contributed by atoms with Crippen molar-refractivity contribution in [3.8, 4) is 5.75 Å². The lowest BCUT2D eigenvalue weighted by Crippen LogP contribution is -2.51. The number of aliphatic hydroxyl groups excluding tert-OH is 1. The number of rotatable bonds is 9. The number of piperidine rings is 1. The molecule has 5 unspecified atom stereocenters. The Balaban J connectivity index is 1.34. The Labute approximate surface area is 239 Å². The highest BCUT2D eigenvalue weighted by atomic mass is 19.1. The standard InChI is InChI=1S/C33H45FN4O2/c1-23-10-5-17-30(34)31(23)33(40-29-16-7-14-27(21-29)36(3)4)37-18-9-12-25(22-37)32(39)35-26-13-6-15-28(20-26)38-19-8-11-24(38)2/h5-7,10,13-16,20-21,24-25,30,32-33,35,39H,8-9,11-12,17-19,22H2,1-4H3. The third kappa shape index (κ3) is 6.47. The highest BCUT2D eigenvalue weighted by molar-refractivity contribution is 5.59. The molecule has 0 aromatic heterocycles. The monoisotopic (exact) mass is 548 g/mol. The van der Waals surface area contributed by atoms with Gasteiger partial charge in [-0.1, -0.05) is 24.3 Å². The van der Waals surface area contributed by atoms with Gasteiger partial charge in [-0.05, 0) is 75.4 Å². The Morgan fingerprint density at radius 3 is 2.62 bits per heavy atom. The van der Waals surface area contributed by atoms with Crippen molar-refractivity contribution in [3.63, 3.8) is 0 Å². The van der Waals surface area contributed by atoms with Crippen molar-refractivity contribution < 1.29 is 14.2 Å². The van der Waals surface area contributed by atoms with Crippen molar-refractivity contribution >= 4 is 17.1 Å². The Morgan fingerprint density at radius 1 is 1.07 bits per heavy atom. The number of allylic oxidation sites excluding steroid dienone is 3. The summed E-state index contributed by atoms with van der Waals surface area (Å²) >= 11 is 0. The quantitative estimate of drug-likeness (QED) is 0.364. The molecule has 5 rings (SSSR count). The molecule has 0 spiro atoms. The molecule has 2 fully saturated rings. The number of nitrogens with zero attached hydrogens (tertiary/aromatic N) is 3. The lowest BCUT2D eigenvalue weighted by atomic mass is 9.91. The molecule has 2 N–H and O–H groups in total. The Morgan fingerprint density at radius 2 is 1.88 bits per heavy atom. The molecular formula is C33H45FN4O2. The van der Waals surface area contributed by atoms with Crippen molar-refractivity contribution in [2.75, 3.05) is 48.8 Å². The first-order valence-electron chi connectivity index (χ1n) is 14.8. The van der Waals surface area contributed by atoms with Gasteiger partial charge in [-0.3, -0.25) is 4.90 Å². The third-order valence-electron chi connectivity index (χ3n) is 8.66. The third-order valence-corrected chi connectivity index (χ3v) is 8.66. The number of ether oxygens (including phenoxy) is 1. The fraction of sp³-hybridized carbons (Fsp3) is 0.515. The minimum absolute atomic E-state index is 0.0135. The summed E-state index contributed by atoms with van der Waals surface area (Å²) in [7, 11) is 4.00. The summed E-state index contributed by atoms with van der Waals surface area (Å²) in [5.74, 6) is 0.701. The Bertz CT molecular complexity index is 1210. The molecule has 3 aliphatic rings. The zero-order valence-electron chi connectivity index (χ0n) is 24.4. The molecule has 5 atom stereocenters. The van der Waals surface area contributed by atoms with Crippen LogP contribution >= 0.6 is 0 Å². The molecule has 7 heteroatoms. The number of anilines is 3. The highest BCUT2D eigenvalue weighted by Crippen LogP contribution is 2.34. The van der Waals surface area contributed by atoms with Crippen LogP contribution in [0.4, 0.5) is 21.5 Å². The van der Waals surface area contributed by atoms with Gasteiger partial charge in [0, 0.05) is 80.8 Å². The van der Waals surface area contributed by atoms with Gasteiger partial charge >= 0.3 is 0 Å². The van der Waals surface area contributed by atoms with E-state index < -0.39 is 18.6 Å². The molecule has 1 aliphatic carbocycles. The minimum atomic E-state index is -1.09. The van der Waals surface area contributed by atoms with Crippen LogP contribution in [0.2, 0.25) is 0 Å². The maximum atomic E-state index is 15.5. The van der Waals surface area contributed by atoms with Crippen LogP contribution in [0.3, 0.4) is 0 Å². The van der Waals surface area contributed by atoms with Gasteiger partial charge in [0.1, 0.15) is 18.1 Å². The maximum Gasteiger partial charge on any atom is 0.178 e. The number of nitrogens with one attached hydrogen (secondary N) is 1. The van der Waals surface area contributed by atoms with Crippen LogP contribution in [0, 0.1) is 5.92 Å². The zero-order chi connectivity index (χ0) is 28.2.